The van der Waals surface area contributed by atoms with E-state index in [0.29, 0.717) is 28.9 Å². The predicted octanol–water partition coefficient (Wildman–Crippen LogP) is 2.41. The highest BCUT2D eigenvalue weighted by atomic mass is 19.1. The normalized spacial score (nSPS) is 16.1. The van der Waals surface area contributed by atoms with Gasteiger partial charge in [0.25, 0.3) is 0 Å². The van der Waals surface area contributed by atoms with Crippen molar-refractivity contribution in [1.29, 1.82) is 0 Å². The number of pyridine rings is 1. The molecule has 0 spiro atoms. The number of piperidine rings is 1. The van der Waals surface area contributed by atoms with Crippen molar-refractivity contribution in [2.24, 2.45) is 0 Å². The second kappa shape index (κ2) is 7.09. The molecule has 1 fully saturated rings. The summed E-state index contributed by atoms with van der Waals surface area (Å²) < 4.78 is 16.1. The van der Waals surface area contributed by atoms with E-state index in [4.69, 9.17) is 0 Å². The summed E-state index contributed by atoms with van der Waals surface area (Å²) in [7, 11) is 2.13. The van der Waals surface area contributed by atoms with Crippen LogP contribution in [0.4, 0.5) is 10.3 Å². The molecular weight excluding hydrogens is 373 g/mol. The van der Waals surface area contributed by atoms with Crippen LogP contribution >= 0.6 is 0 Å². The molecule has 0 radical (unpaired) electrons. The van der Waals surface area contributed by atoms with Crippen molar-refractivity contribution in [3.8, 4) is 11.1 Å². The van der Waals surface area contributed by atoms with E-state index in [1.54, 1.807) is 23.0 Å². The summed E-state index contributed by atoms with van der Waals surface area (Å²) in [6, 6.07) is 1.81. The van der Waals surface area contributed by atoms with E-state index in [1.807, 2.05) is 0 Å². The number of nitrogens with one attached hydrogen (secondary N) is 2. The van der Waals surface area contributed by atoms with Gasteiger partial charge in [0.2, 0.25) is 5.95 Å². The highest BCUT2D eigenvalue weighted by Gasteiger charge is 2.18. The number of aromatic nitrogens is 5. The molecule has 0 saturated carbocycles. The van der Waals surface area contributed by atoms with E-state index in [1.165, 1.54) is 12.3 Å². The predicted molar refractivity (Wildman–Crippen MR) is 108 cm³/mol. The lowest BCUT2D eigenvalue weighted by Gasteiger charge is -2.29. The third-order valence-corrected chi connectivity index (χ3v) is 5.59. The standard InChI is InChI=1S/C20H22FN7O/c1-27-4-2-13(3-5-27)25-20-24-9-16-15(8-22-18(16)26-20)12-6-17(21)19-23-7-14(11-29)28(19)10-12/h6-10,13,29H,2-5,11H2,1H3,(H2,22,24,25,26). The van der Waals surface area contributed by atoms with Crippen LogP contribution in [0, 0.1) is 5.82 Å². The molecule has 0 unspecified atom stereocenters. The summed E-state index contributed by atoms with van der Waals surface area (Å²) in [6.45, 7) is 1.91. The minimum Gasteiger partial charge on any atom is -0.390 e. The molecule has 4 aromatic rings. The lowest BCUT2D eigenvalue weighted by atomic mass is 10.1. The van der Waals surface area contributed by atoms with Gasteiger partial charge in [-0.25, -0.2) is 14.4 Å². The highest BCUT2D eigenvalue weighted by Crippen LogP contribution is 2.29. The number of halogens is 1. The molecule has 9 heteroatoms. The molecule has 0 atom stereocenters. The first kappa shape index (κ1) is 18.0. The molecule has 5 rings (SSSR count). The minimum absolute atomic E-state index is 0.193. The Kier molecular flexibility index (Phi) is 4.40. The van der Waals surface area contributed by atoms with E-state index >= 15 is 0 Å². The molecule has 1 aliphatic rings. The fourth-order valence-electron chi connectivity index (χ4n) is 3.91. The number of aromatic amines is 1. The van der Waals surface area contributed by atoms with E-state index in [9.17, 15) is 9.50 Å². The number of hydrogen-bond acceptors (Lipinski definition) is 6. The van der Waals surface area contributed by atoms with Gasteiger partial charge in [-0.1, -0.05) is 0 Å². The quantitative estimate of drug-likeness (QED) is 0.491. The number of anilines is 1. The smallest absolute Gasteiger partial charge is 0.224 e. The van der Waals surface area contributed by atoms with Crippen LogP contribution in [-0.2, 0) is 6.61 Å². The molecule has 8 nitrogen and oxygen atoms in total. The zero-order valence-electron chi connectivity index (χ0n) is 16.1. The molecule has 0 aromatic carbocycles. The third kappa shape index (κ3) is 3.22. The van der Waals surface area contributed by atoms with Crippen molar-refractivity contribution >= 4 is 22.6 Å². The van der Waals surface area contributed by atoms with Gasteiger partial charge in [0.1, 0.15) is 5.65 Å². The lowest BCUT2D eigenvalue weighted by Crippen LogP contribution is -2.37. The Labute approximate surface area is 166 Å². The second-order valence-corrected chi connectivity index (χ2v) is 7.56. The van der Waals surface area contributed by atoms with Gasteiger partial charge in [0.05, 0.1) is 18.5 Å². The van der Waals surface area contributed by atoms with Crippen LogP contribution in [-0.4, -0.2) is 60.5 Å². The second-order valence-electron chi connectivity index (χ2n) is 7.56. The Morgan fingerprint density at radius 2 is 2.10 bits per heavy atom. The molecule has 4 aromatic heterocycles. The Hall–Kier alpha value is -3.04. The lowest BCUT2D eigenvalue weighted by molar-refractivity contribution is 0.263. The van der Waals surface area contributed by atoms with Gasteiger partial charge in [-0.05, 0) is 39.0 Å². The van der Waals surface area contributed by atoms with Crippen molar-refractivity contribution in [1.82, 2.24) is 29.2 Å². The average molecular weight is 395 g/mol. The van der Waals surface area contributed by atoms with Crippen LogP contribution in [0.2, 0.25) is 0 Å². The number of aliphatic hydroxyl groups is 1. The maximum Gasteiger partial charge on any atom is 0.224 e. The minimum atomic E-state index is -0.446. The van der Waals surface area contributed by atoms with Gasteiger partial charge >= 0.3 is 0 Å². The van der Waals surface area contributed by atoms with Gasteiger partial charge in [-0.3, -0.25) is 4.40 Å². The summed E-state index contributed by atoms with van der Waals surface area (Å²) in [5.74, 6) is 0.150. The molecule has 0 amide bonds. The summed E-state index contributed by atoms with van der Waals surface area (Å²) in [5.41, 5.74) is 2.87. The number of nitrogens with zero attached hydrogens (tertiary/aromatic N) is 5. The summed E-state index contributed by atoms with van der Waals surface area (Å²) in [5, 5.41) is 13.7. The number of H-pyrrole nitrogens is 1. The maximum atomic E-state index is 14.5. The van der Waals surface area contributed by atoms with Gasteiger partial charge in [0.15, 0.2) is 11.5 Å². The van der Waals surface area contributed by atoms with Crippen LogP contribution < -0.4 is 5.32 Å². The zero-order chi connectivity index (χ0) is 20.0. The molecule has 0 bridgehead atoms. The SMILES string of the molecule is CN1CCC(Nc2ncc3c(-c4cc(F)c5ncc(CO)n5c4)c[nH]c3n2)CC1. The van der Waals surface area contributed by atoms with Crippen LogP contribution in [0.3, 0.4) is 0 Å². The van der Waals surface area contributed by atoms with Gasteiger partial charge in [-0.15, -0.1) is 0 Å². The number of imidazole rings is 1. The summed E-state index contributed by atoms with van der Waals surface area (Å²) >= 11 is 0. The summed E-state index contributed by atoms with van der Waals surface area (Å²) in [4.78, 5) is 18.6. The van der Waals surface area contributed by atoms with Crippen molar-refractivity contribution in [3.63, 3.8) is 0 Å². The van der Waals surface area contributed by atoms with Crippen molar-refractivity contribution < 1.29 is 9.50 Å². The van der Waals surface area contributed by atoms with E-state index in [0.717, 1.165) is 36.9 Å². The Balaban J connectivity index is 1.48. The van der Waals surface area contributed by atoms with Crippen molar-refractivity contribution in [2.45, 2.75) is 25.5 Å². The van der Waals surface area contributed by atoms with Crippen LogP contribution in [0.1, 0.15) is 18.5 Å². The number of likely N-dealkylation sites (tertiary alicyclic amines) is 1. The monoisotopic (exact) mass is 395 g/mol. The highest BCUT2D eigenvalue weighted by molar-refractivity contribution is 5.93. The van der Waals surface area contributed by atoms with Crippen molar-refractivity contribution in [3.05, 3.63) is 42.4 Å². The first-order valence-electron chi connectivity index (χ1n) is 9.68. The van der Waals surface area contributed by atoms with Gasteiger partial charge in [-0.2, -0.15) is 4.98 Å². The molecule has 1 saturated heterocycles. The number of fused-ring (bicyclic) bond motifs is 2. The largest absolute Gasteiger partial charge is 0.390 e. The Bertz CT molecular complexity index is 1180. The van der Waals surface area contributed by atoms with Crippen LogP contribution in [0.25, 0.3) is 27.8 Å². The van der Waals surface area contributed by atoms with Crippen molar-refractivity contribution in [2.75, 3.05) is 25.5 Å². The van der Waals surface area contributed by atoms with E-state index < -0.39 is 5.82 Å². The molecule has 29 heavy (non-hydrogen) atoms. The first-order chi connectivity index (χ1) is 14.1. The first-order valence-corrected chi connectivity index (χ1v) is 9.68. The summed E-state index contributed by atoms with van der Waals surface area (Å²) in [6.07, 6.45) is 8.92. The van der Waals surface area contributed by atoms with Gasteiger partial charge < -0.3 is 20.3 Å². The van der Waals surface area contributed by atoms with Gasteiger partial charge in [0, 0.05) is 41.1 Å². The molecule has 150 valence electrons. The zero-order valence-corrected chi connectivity index (χ0v) is 16.1. The fraction of sp³-hybridized carbons (Fsp3) is 0.350. The molecule has 3 N–H and O–H groups in total. The topological polar surface area (TPSA) is 94.4 Å². The molecule has 5 heterocycles. The average Bonchev–Trinajstić information content (AvgIpc) is 3.33. The van der Waals surface area contributed by atoms with Crippen LogP contribution in [0.15, 0.2) is 30.9 Å². The molecule has 0 aliphatic carbocycles. The fourth-order valence-corrected chi connectivity index (χ4v) is 3.91. The van der Waals surface area contributed by atoms with E-state index in [2.05, 4.69) is 37.2 Å². The van der Waals surface area contributed by atoms with E-state index in [-0.39, 0.29) is 12.3 Å². The number of rotatable bonds is 4. The number of hydrogen-bond donors (Lipinski definition) is 3. The Morgan fingerprint density at radius 3 is 2.90 bits per heavy atom. The Morgan fingerprint density at radius 1 is 1.28 bits per heavy atom. The molecular formula is C20H22FN7O. The van der Waals surface area contributed by atoms with Crippen LogP contribution in [0.5, 0.6) is 0 Å². The third-order valence-electron chi connectivity index (χ3n) is 5.59. The number of aliphatic hydroxyl groups excluding tert-OH is 1. The molecule has 1 aliphatic heterocycles. The maximum absolute atomic E-state index is 14.5.